The van der Waals surface area contributed by atoms with E-state index in [0.29, 0.717) is 6.04 Å². The maximum absolute atomic E-state index is 4.45. The third-order valence-electron chi connectivity index (χ3n) is 4.94. The quantitative estimate of drug-likeness (QED) is 0.929. The zero-order valence-electron chi connectivity index (χ0n) is 12.4. The van der Waals surface area contributed by atoms with Crippen LogP contribution in [-0.4, -0.2) is 21.6 Å². The molecule has 1 saturated carbocycles. The lowest BCUT2D eigenvalue weighted by Crippen LogP contribution is -2.28. The molecule has 0 amide bonds. The molecular weight excluding hydrogens is 248 g/mol. The Morgan fingerprint density at radius 2 is 2.10 bits per heavy atom. The van der Waals surface area contributed by atoms with Crippen molar-refractivity contribution in [2.24, 2.45) is 11.8 Å². The van der Waals surface area contributed by atoms with Gasteiger partial charge in [0.05, 0.1) is 17.9 Å². The minimum Gasteiger partial charge on any atom is -0.313 e. The van der Waals surface area contributed by atoms with Crippen LogP contribution in [0.25, 0.3) is 5.52 Å². The average Bonchev–Trinajstić information content (AvgIpc) is 2.93. The normalized spacial score (nSPS) is 24.9. The Hall–Kier alpha value is -1.42. The fourth-order valence-corrected chi connectivity index (χ4v) is 3.67. The third kappa shape index (κ3) is 2.44. The highest BCUT2D eigenvalue weighted by Crippen LogP contribution is 2.38. The lowest BCUT2D eigenvalue weighted by atomic mass is 9.76. The van der Waals surface area contributed by atoms with E-state index in [1.807, 2.05) is 23.1 Å². The molecule has 1 atom stereocenters. The van der Waals surface area contributed by atoms with E-state index in [2.05, 4.69) is 29.4 Å². The molecule has 0 saturated heterocycles. The Bertz CT molecular complexity index is 554. The first-order valence-corrected chi connectivity index (χ1v) is 7.78. The highest BCUT2D eigenvalue weighted by atomic mass is 15.2. The summed E-state index contributed by atoms with van der Waals surface area (Å²) >= 11 is 0. The molecule has 2 aromatic heterocycles. The maximum Gasteiger partial charge on any atom is 0.0892 e. The van der Waals surface area contributed by atoms with Crippen molar-refractivity contribution in [1.29, 1.82) is 0 Å². The fourth-order valence-electron chi connectivity index (χ4n) is 3.67. The molecule has 1 aliphatic rings. The van der Waals surface area contributed by atoms with Gasteiger partial charge in [-0.2, -0.15) is 5.10 Å². The highest BCUT2D eigenvalue weighted by molar-refractivity contribution is 5.53. The molecule has 0 aromatic carbocycles. The van der Waals surface area contributed by atoms with Gasteiger partial charge in [0, 0.05) is 24.0 Å². The zero-order chi connectivity index (χ0) is 13.9. The van der Waals surface area contributed by atoms with Gasteiger partial charge >= 0.3 is 0 Å². The summed E-state index contributed by atoms with van der Waals surface area (Å²) in [5.41, 5.74) is 2.42. The molecule has 2 aromatic rings. The highest BCUT2D eigenvalue weighted by Gasteiger charge is 2.28. The van der Waals surface area contributed by atoms with Gasteiger partial charge in [-0.3, -0.25) is 4.98 Å². The van der Waals surface area contributed by atoms with Gasteiger partial charge in [-0.05, 0) is 31.7 Å². The molecular formula is C16H24N4. The van der Waals surface area contributed by atoms with Crippen molar-refractivity contribution in [1.82, 2.24) is 19.9 Å². The average molecular weight is 272 g/mol. The van der Waals surface area contributed by atoms with Crippen molar-refractivity contribution in [3.8, 4) is 0 Å². The van der Waals surface area contributed by atoms with Crippen LogP contribution in [-0.2, 0) is 0 Å². The van der Waals surface area contributed by atoms with E-state index >= 15 is 0 Å². The number of nitrogens with zero attached hydrogens (tertiary/aromatic N) is 3. The van der Waals surface area contributed by atoms with Crippen LogP contribution < -0.4 is 5.32 Å². The van der Waals surface area contributed by atoms with Gasteiger partial charge in [-0.15, -0.1) is 0 Å². The lowest BCUT2D eigenvalue weighted by Gasteiger charge is -2.33. The largest absolute Gasteiger partial charge is 0.313 e. The minimum atomic E-state index is 0.398. The monoisotopic (exact) mass is 272 g/mol. The Morgan fingerprint density at radius 3 is 2.80 bits per heavy atom. The van der Waals surface area contributed by atoms with Crippen LogP contribution in [0.2, 0.25) is 0 Å². The van der Waals surface area contributed by atoms with Crippen LogP contribution in [0.4, 0.5) is 0 Å². The van der Waals surface area contributed by atoms with Crippen LogP contribution in [0.15, 0.2) is 24.8 Å². The molecule has 1 fully saturated rings. The Balaban J connectivity index is 1.83. The summed E-state index contributed by atoms with van der Waals surface area (Å²) in [6, 6.07) is 0.398. The second-order valence-corrected chi connectivity index (χ2v) is 5.96. The Morgan fingerprint density at radius 1 is 1.30 bits per heavy atom. The van der Waals surface area contributed by atoms with Crippen molar-refractivity contribution in [2.45, 2.75) is 45.1 Å². The summed E-state index contributed by atoms with van der Waals surface area (Å²) in [7, 11) is 2.07. The van der Waals surface area contributed by atoms with E-state index in [1.165, 1.54) is 37.7 Å². The summed E-state index contributed by atoms with van der Waals surface area (Å²) in [5.74, 6) is 1.66. The summed E-state index contributed by atoms with van der Waals surface area (Å²) < 4.78 is 1.92. The van der Waals surface area contributed by atoms with E-state index in [1.54, 1.807) is 6.20 Å². The van der Waals surface area contributed by atoms with Gasteiger partial charge in [-0.1, -0.05) is 26.2 Å². The molecule has 4 nitrogen and oxygen atoms in total. The molecule has 0 spiro atoms. The summed E-state index contributed by atoms with van der Waals surface area (Å²) in [5, 5.41) is 7.97. The van der Waals surface area contributed by atoms with Gasteiger partial charge in [0.25, 0.3) is 0 Å². The van der Waals surface area contributed by atoms with Crippen LogP contribution in [0.3, 0.4) is 0 Å². The predicted molar refractivity (Wildman–Crippen MR) is 80.5 cm³/mol. The van der Waals surface area contributed by atoms with Gasteiger partial charge < -0.3 is 5.32 Å². The van der Waals surface area contributed by atoms with Crippen LogP contribution >= 0.6 is 0 Å². The van der Waals surface area contributed by atoms with Crippen molar-refractivity contribution in [3.63, 3.8) is 0 Å². The Labute approximate surface area is 120 Å². The molecule has 0 bridgehead atoms. The Kier molecular flexibility index (Phi) is 4.01. The molecule has 1 aliphatic carbocycles. The van der Waals surface area contributed by atoms with Crippen molar-refractivity contribution in [3.05, 3.63) is 30.4 Å². The van der Waals surface area contributed by atoms with E-state index in [9.17, 15) is 0 Å². The molecule has 2 heterocycles. The lowest BCUT2D eigenvalue weighted by molar-refractivity contribution is 0.225. The van der Waals surface area contributed by atoms with Gasteiger partial charge in [0.2, 0.25) is 0 Å². The summed E-state index contributed by atoms with van der Waals surface area (Å²) in [6.07, 6.45) is 14.3. The second-order valence-electron chi connectivity index (χ2n) is 5.96. The summed E-state index contributed by atoms with van der Waals surface area (Å²) in [6.45, 7) is 2.32. The SMILES string of the molecule is CCC1CCC(C(NC)c2cnn3ccncc23)CC1. The minimum absolute atomic E-state index is 0.398. The van der Waals surface area contributed by atoms with E-state index in [-0.39, 0.29) is 0 Å². The first-order chi connectivity index (χ1) is 9.83. The standard InChI is InChI=1S/C16H24N4/c1-3-12-4-6-13(7-5-12)16(17-2)14-10-19-20-9-8-18-11-15(14)20/h8-13,16-17H,3-7H2,1-2H3. The fraction of sp³-hybridized carbons (Fsp3) is 0.625. The molecule has 3 rings (SSSR count). The molecule has 1 unspecified atom stereocenters. The second kappa shape index (κ2) is 5.92. The number of rotatable bonds is 4. The first-order valence-electron chi connectivity index (χ1n) is 7.78. The van der Waals surface area contributed by atoms with Crippen LogP contribution in [0.1, 0.15) is 50.6 Å². The number of aromatic nitrogens is 3. The van der Waals surface area contributed by atoms with Gasteiger partial charge in [0.15, 0.2) is 0 Å². The van der Waals surface area contributed by atoms with Crippen LogP contribution in [0.5, 0.6) is 0 Å². The van der Waals surface area contributed by atoms with E-state index in [0.717, 1.165) is 17.4 Å². The first kappa shape index (κ1) is 13.6. The number of nitrogens with one attached hydrogen (secondary N) is 1. The number of fused-ring (bicyclic) bond motifs is 1. The van der Waals surface area contributed by atoms with E-state index < -0.39 is 0 Å². The summed E-state index contributed by atoms with van der Waals surface area (Å²) in [4.78, 5) is 4.24. The molecule has 0 radical (unpaired) electrons. The molecule has 108 valence electrons. The number of hydrogen-bond acceptors (Lipinski definition) is 3. The predicted octanol–water partition coefficient (Wildman–Crippen LogP) is 3.21. The van der Waals surface area contributed by atoms with Crippen molar-refractivity contribution >= 4 is 5.52 Å². The zero-order valence-corrected chi connectivity index (χ0v) is 12.4. The molecule has 4 heteroatoms. The smallest absolute Gasteiger partial charge is 0.0892 e. The van der Waals surface area contributed by atoms with Crippen molar-refractivity contribution in [2.75, 3.05) is 7.05 Å². The number of hydrogen-bond donors (Lipinski definition) is 1. The van der Waals surface area contributed by atoms with Gasteiger partial charge in [0.1, 0.15) is 0 Å². The van der Waals surface area contributed by atoms with E-state index in [4.69, 9.17) is 0 Å². The van der Waals surface area contributed by atoms with Crippen LogP contribution in [0, 0.1) is 11.8 Å². The van der Waals surface area contributed by atoms with Gasteiger partial charge in [-0.25, -0.2) is 4.52 Å². The molecule has 20 heavy (non-hydrogen) atoms. The topological polar surface area (TPSA) is 42.2 Å². The van der Waals surface area contributed by atoms with Crippen molar-refractivity contribution < 1.29 is 0 Å². The maximum atomic E-state index is 4.45. The third-order valence-corrected chi connectivity index (χ3v) is 4.94. The molecule has 0 aliphatic heterocycles. The molecule has 1 N–H and O–H groups in total.